The third kappa shape index (κ3) is 3.47. The van der Waals surface area contributed by atoms with E-state index in [2.05, 4.69) is 49.2 Å². The summed E-state index contributed by atoms with van der Waals surface area (Å²) in [7, 11) is 0. The van der Waals surface area contributed by atoms with Crippen LogP contribution in [0.4, 0.5) is 5.69 Å². The first-order chi connectivity index (χ1) is 9.11. The van der Waals surface area contributed by atoms with Crippen LogP contribution in [0.15, 0.2) is 18.2 Å². The van der Waals surface area contributed by atoms with Crippen LogP contribution in [0.1, 0.15) is 43.7 Å². The molecule has 1 saturated heterocycles. The molecule has 19 heavy (non-hydrogen) atoms. The van der Waals surface area contributed by atoms with Gasteiger partial charge in [-0.25, -0.2) is 0 Å². The van der Waals surface area contributed by atoms with Crippen LogP contribution >= 0.6 is 12.2 Å². The molecule has 0 aromatic heterocycles. The quantitative estimate of drug-likeness (QED) is 0.812. The van der Waals surface area contributed by atoms with Crippen LogP contribution in [0, 0.1) is 13.8 Å². The molecule has 0 spiro atoms. The molecule has 0 radical (unpaired) electrons. The number of hydrogen-bond donors (Lipinski definition) is 1. The van der Waals surface area contributed by atoms with E-state index in [9.17, 15) is 0 Å². The Morgan fingerprint density at radius 1 is 1.32 bits per heavy atom. The summed E-state index contributed by atoms with van der Waals surface area (Å²) in [6.45, 7) is 7.62. The molecule has 0 aliphatic carbocycles. The van der Waals surface area contributed by atoms with E-state index in [1.54, 1.807) is 0 Å². The smallest absolute Gasteiger partial charge is 0.173 e. The first-order valence-corrected chi connectivity index (χ1v) is 7.67. The highest BCUT2D eigenvalue weighted by Crippen LogP contribution is 2.21. The lowest BCUT2D eigenvalue weighted by molar-refractivity contribution is 0.239. The number of nitrogens with zero attached hydrogens (tertiary/aromatic N) is 1. The van der Waals surface area contributed by atoms with Crippen LogP contribution in [0.25, 0.3) is 0 Å². The molecule has 0 unspecified atom stereocenters. The second kappa shape index (κ2) is 6.38. The van der Waals surface area contributed by atoms with Crippen molar-refractivity contribution in [3.8, 4) is 0 Å². The van der Waals surface area contributed by atoms with E-state index in [0.29, 0.717) is 6.04 Å². The van der Waals surface area contributed by atoms with E-state index >= 15 is 0 Å². The lowest BCUT2D eigenvalue weighted by Crippen LogP contribution is -2.45. The number of aryl methyl sites for hydroxylation is 2. The van der Waals surface area contributed by atoms with Crippen LogP contribution in [-0.4, -0.2) is 22.6 Å². The number of anilines is 1. The fourth-order valence-electron chi connectivity index (χ4n) is 2.71. The number of benzene rings is 1. The van der Waals surface area contributed by atoms with Gasteiger partial charge in [0.1, 0.15) is 0 Å². The zero-order chi connectivity index (χ0) is 13.8. The Kier molecular flexibility index (Phi) is 4.81. The maximum atomic E-state index is 5.59. The van der Waals surface area contributed by atoms with E-state index in [4.69, 9.17) is 12.2 Å². The number of piperidine rings is 1. The van der Waals surface area contributed by atoms with Crippen molar-refractivity contribution >= 4 is 23.0 Å². The van der Waals surface area contributed by atoms with Crippen LogP contribution in [0.2, 0.25) is 0 Å². The molecule has 2 nitrogen and oxygen atoms in total. The molecule has 1 heterocycles. The molecule has 3 heteroatoms. The van der Waals surface area contributed by atoms with Crippen molar-refractivity contribution in [1.82, 2.24) is 4.90 Å². The fraction of sp³-hybridized carbons (Fsp3) is 0.562. The van der Waals surface area contributed by atoms with Gasteiger partial charge in [-0.15, -0.1) is 0 Å². The van der Waals surface area contributed by atoms with Gasteiger partial charge in [0.05, 0.1) is 0 Å². The van der Waals surface area contributed by atoms with Crippen LogP contribution in [-0.2, 0) is 0 Å². The topological polar surface area (TPSA) is 15.3 Å². The lowest BCUT2D eigenvalue weighted by Gasteiger charge is -2.37. The molecule has 1 aliphatic rings. The van der Waals surface area contributed by atoms with E-state index in [1.165, 1.54) is 36.8 Å². The molecule has 104 valence electrons. The highest BCUT2D eigenvalue weighted by atomic mass is 32.1. The molecular formula is C16H24N2S. The van der Waals surface area contributed by atoms with Crippen molar-refractivity contribution < 1.29 is 0 Å². The molecule has 1 fully saturated rings. The zero-order valence-electron chi connectivity index (χ0n) is 12.2. The van der Waals surface area contributed by atoms with Crippen molar-refractivity contribution in [2.24, 2.45) is 0 Å². The number of likely N-dealkylation sites (tertiary alicyclic amines) is 1. The Morgan fingerprint density at radius 3 is 2.79 bits per heavy atom. The summed E-state index contributed by atoms with van der Waals surface area (Å²) in [5, 5.41) is 4.29. The minimum atomic E-state index is 0.611. The third-order valence-electron chi connectivity index (χ3n) is 4.12. The average molecular weight is 276 g/mol. The first-order valence-electron chi connectivity index (χ1n) is 7.26. The van der Waals surface area contributed by atoms with E-state index < -0.39 is 0 Å². The Morgan fingerprint density at radius 2 is 2.11 bits per heavy atom. The van der Waals surface area contributed by atoms with Crippen molar-refractivity contribution in [2.75, 3.05) is 11.9 Å². The van der Waals surface area contributed by atoms with Gasteiger partial charge < -0.3 is 10.2 Å². The Hall–Kier alpha value is -1.09. The second-order valence-electron chi connectivity index (χ2n) is 5.48. The molecule has 0 saturated carbocycles. The van der Waals surface area contributed by atoms with Gasteiger partial charge in [0.25, 0.3) is 0 Å². The summed E-state index contributed by atoms with van der Waals surface area (Å²) < 4.78 is 0. The Balaban J connectivity index is 2.05. The monoisotopic (exact) mass is 276 g/mol. The van der Waals surface area contributed by atoms with E-state index in [1.807, 2.05) is 0 Å². The van der Waals surface area contributed by atoms with Gasteiger partial charge in [-0.1, -0.05) is 13.0 Å². The van der Waals surface area contributed by atoms with Crippen LogP contribution < -0.4 is 5.32 Å². The maximum absolute atomic E-state index is 5.59. The number of nitrogens with one attached hydrogen (secondary N) is 1. The fourth-order valence-corrected chi connectivity index (χ4v) is 3.07. The summed E-state index contributed by atoms with van der Waals surface area (Å²) in [4.78, 5) is 2.37. The molecule has 2 rings (SSSR count). The number of hydrogen-bond acceptors (Lipinski definition) is 1. The zero-order valence-corrected chi connectivity index (χ0v) is 13.0. The number of rotatable bonds is 2. The lowest BCUT2D eigenvalue weighted by atomic mass is 10.0. The minimum absolute atomic E-state index is 0.611. The largest absolute Gasteiger partial charge is 0.346 e. The van der Waals surface area contributed by atoms with Gasteiger partial charge in [0, 0.05) is 18.3 Å². The second-order valence-corrected chi connectivity index (χ2v) is 5.87. The first kappa shape index (κ1) is 14.3. The molecule has 1 aromatic rings. The third-order valence-corrected chi connectivity index (χ3v) is 4.45. The summed E-state index contributed by atoms with van der Waals surface area (Å²) in [6.07, 6.45) is 5.03. The normalized spacial score (nSPS) is 19.3. The molecule has 1 aliphatic heterocycles. The predicted molar refractivity (Wildman–Crippen MR) is 86.8 cm³/mol. The van der Waals surface area contributed by atoms with Gasteiger partial charge >= 0.3 is 0 Å². The highest BCUT2D eigenvalue weighted by Gasteiger charge is 2.22. The summed E-state index contributed by atoms with van der Waals surface area (Å²) in [5.74, 6) is 0. The predicted octanol–water partition coefficient (Wildman–Crippen LogP) is 4.26. The van der Waals surface area contributed by atoms with Gasteiger partial charge in [0.2, 0.25) is 0 Å². The maximum Gasteiger partial charge on any atom is 0.173 e. The van der Waals surface area contributed by atoms with Crippen LogP contribution in [0.5, 0.6) is 0 Å². The standard InChI is InChI=1S/C16H24N2S/c1-4-15-7-5-6-10-18(15)16(19)17-14-9-8-12(2)13(3)11-14/h8-9,11,15H,4-7,10H2,1-3H3,(H,17,19)/t15-/m1/s1. The minimum Gasteiger partial charge on any atom is -0.346 e. The van der Waals surface area contributed by atoms with Crippen molar-refractivity contribution in [3.05, 3.63) is 29.3 Å². The molecule has 1 N–H and O–H groups in total. The summed E-state index contributed by atoms with van der Waals surface area (Å²) >= 11 is 5.59. The average Bonchev–Trinajstić information content (AvgIpc) is 2.43. The molecule has 0 bridgehead atoms. The Bertz CT molecular complexity index is 456. The van der Waals surface area contributed by atoms with Gasteiger partial charge in [-0.2, -0.15) is 0 Å². The van der Waals surface area contributed by atoms with Crippen LogP contribution in [0.3, 0.4) is 0 Å². The summed E-state index contributed by atoms with van der Waals surface area (Å²) in [6, 6.07) is 7.04. The summed E-state index contributed by atoms with van der Waals surface area (Å²) in [5.41, 5.74) is 3.73. The molecular weight excluding hydrogens is 252 g/mol. The van der Waals surface area contributed by atoms with Gasteiger partial charge in [-0.05, 0) is 75.0 Å². The van der Waals surface area contributed by atoms with E-state index in [-0.39, 0.29) is 0 Å². The molecule has 0 amide bonds. The van der Waals surface area contributed by atoms with Crippen molar-refractivity contribution in [3.63, 3.8) is 0 Å². The van der Waals surface area contributed by atoms with E-state index in [0.717, 1.165) is 17.3 Å². The van der Waals surface area contributed by atoms with Gasteiger partial charge in [0.15, 0.2) is 5.11 Å². The molecule has 1 atom stereocenters. The van der Waals surface area contributed by atoms with Crippen molar-refractivity contribution in [2.45, 2.75) is 52.5 Å². The Labute approximate surface area is 122 Å². The highest BCUT2D eigenvalue weighted by molar-refractivity contribution is 7.80. The number of thiocarbonyl (C=S) groups is 1. The van der Waals surface area contributed by atoms with Crippen molar-refractivity contribution in [1.29, 1.82) is 0 Å². The van der Waals surface area contributed by atoms with Gasteiger partial charge in [-0.3, -0.25) is 0 Å². The SMILES string of the molecule is CC[C@@H]1CCCCN1C(=S)Nc1ccc(C)c(C)c1. The molecule has 1 aromatic carbocycles.